The van der Waals surface area contributed by atoms with E-state index in [4.69, 9.17) is 0 Å². The highest BCUT2D eigenvalue weighted by Crippen LogP contribution is 2.19. The average molecular weight is 261 g/mol. The van der Waals surface area contributed by atoms with Crippen molar-refractivity contribution in [2.24, 2.45) is 17.8 Å². The van der Waals surface area contributed by atoms with Gasteiger partial charge in [-0.15, -0.1) is 0 Å². The van der Waals surface area contributed by atoms with Crippen LogP contribution < -0.4 is 5.32 Å². The van der Waals surface area contributed by atoms with Crippen molar-refractivity contribution in [1.82, 2.24) is 5.32 Å². The van der Waals surface area contributed by atoms with Gasteiger partial charge >= 0.3 is 0 Å². The number of rotatable bonds is 5. The van der Waals surface area contributed by atoms with Gasteiger partial charge in [-0.2, -0.15) is 0 Å². The summed E-state index contributed by atoms with van der Waals surface area (Å²) in [4.78, 5) is 12.1. The molecule has 1 aromatic rings. The van der Waals surface area contributed by atoms with Gasteiger partial charge < -0.3 is 5.32 Å². The fourth-order valence-corrected chi connectivity index (χ4v) is 2.44. The van der Waals surface area contributed by atoms with E-state index in [1.165, 1.54) is 5.56 Å². The summed E-state index contributed by atoms with van der Waals surface area (Å²) in [6.07, 6.45) is 0. The number of benzene rings is 1. The first-order valence-electron chi connectivity index (χ1n) is 7.18. The summed E-state index contributed by atoms with van der Waals surface area (Å²) in [5, 5.41) is 3.07. The van der Waals surface area contributed by atoms with E-state index < -0.39 is 0 Å². The second-order valence-corrected chi connectivity index (χ2v) is 6.16. The molecule has 2 heteroatoms. The Balaban J connectivity index is 2.66. The fraction of sp³-hybridized carbons (Fsp3) is 0.588. The van der Waals surface area contributed by atoms with Gasteiger partial charge in [0.1, 0.15) is 0 Å². The smallest absolute Gasteiger partial charge is 0.251 e. The fourth-order valence-electron chi connectivity index (χ4n) is 2.44. The molecule has 1 rings (SSSR count). The van der Waals surface area contributed by atoms with Gasteiger partial charge in [0.05, 0.1) is 0 Å². The minimum Gasteiger partial charge on any atom is -0.352 e. The minimum atomic E-state index is 0.0365. The summed E-state index contributed by atoms with van der Waals surface area (Å²) in [6, 6.07) is 5.87. The van der Waals surface area contributed by atoms with Crippen molar-refractivity contribution in [3.8, 4) is 0 Å². The Morgan fingerprint density at radius 2 is 1.63 bits per heavy atom. The largest absolute Gasteiger partial charge is 0.352 e. The standard InChI is InChI=1S/C17H27NO/c1-11(2)16(12(3)4)10-18-17(19)15-8-7-13(5)14(6)9-15/h7-9,11-12,16H,10H2,1-6H3,(H,18,19). The number of aryl methyl sites for hydroxylation is 2. The van der Waals surface area contributed by atoms with Crippen LogP contribution in [0.3, 0.4) is 0 Å². The van der Waals surface area contributed by atoms with Gasteiger partial charge in [0, 0.05) is 12.1 Å². The first kappa shape index (κ1) is 15.7. The molecule has 0 bridgehead atoms. The minimum absolute atomic E-state index is 0.0365. The van der Waals surface area contributed by atoms with Crippen LogP contribution in [0.5, 0.6) is 0 Å². The molecule has 1 amide bonds. The molecule has 0 unspecified atom stereocenters. The number of carbonyl (C=O) groups is 1. The third-order valence-corrected chi connectivity index (χ3v) is 3.98. The lowest BCUT2D eigenvalue weighted by Crippen LogP contribution is -2.33. The van der Waals surface area contributed by atoms with E-state index in [0.717, 1.165) is 17.7 Å². The molecule has 0 aliphatic heterocycles. The molecule has 1 N–H and O–H groups in total. The molecule has 0 spiro atoms. The van der Waals surface area contributed by atoms with Crippen LogP contribution in [-0.4, -0.2) is 12.5 Å². The van der Waals surface area contributed by atoms with Gasteiger partial charge in [-0.3, -0.25) is 4.79 Å². The van der Waals surface area contributed by atoms with Crippen molar-refractivity contribution < 1.29 is 4.79 Å². The first-order valence-corrected chi connectivity index (χ1v) is 7.18. The van der Waals surface area contributed by atoms with Crippen LogP contribution >= 0.6 is 0 Å². The molecule has 0 atom stereocenters. The maximum atomic E-state index is 12.1. The molecular formula is C17H27NO. The highest BCUT2D eigenvalue weighted by Gasteiger charge is 2.18. The molecule has 2 nitrogen and oxygen atoms in total. The van der Waals surface area contributed by atoms with Crippen molar-refractivity contribution in [2.45, 2.75) is 41.5 Å². The van der Waals surface area contributed by atoms with Crippen LogP contribution in [0.1, 0.15) is 49.2 Å². The third-order valence-electron chi connectivity index (χ3n) is 3.98. The summed E-state index contributed by atoms with van der Waals surface area (Å²) >= 11 is 0. The maximum Gasteiger partial charge on any atom is 0.251 e. The van der Waals surface area contributed by atoms with Crippen LogP contribution in [0.15, 0.2) is 18.2 Å². The second-order valence-electron chi connectivity index (χ2n) is 6.16. The zero-order valence-electron chi connectivity index (χ0n) is 13.1. The van der Waals surface area contributed by atoms with Gasteiger partial charge in [-0.05, 0) is 54.9 Å². The molecule has 19 heavy (non-hydrogen) atoms. The molecule has 0 radical (unpaired) electrons. The maximum absolute atomic E-state index is 12.1. The molecule has 0 heterocycles. The van der Waals surface area contributed by atoms with Crippen molar-refractivity contribution in [2.75, 3.05) is 6.54 Å². The van der Waals surface area contributed by atoms with Crippen molar-refractivity contribution in [3.63, 3.8) is 0 Å². The van der Waals surface area contributed by atoms with Gasteiger partial charge in [0.25, 0.3) is 5.91 Å². The number of amides is 1. The van der Waals surface area contributed by atoms with E-state index in [0.29, 0.717) is 17.8 Å². The van der Waals surface area contributed by atoms with Crippen LogP contribution in [-0.2, 0) is 0 Å². The lowest BCUT2D eigenvalue weighted by Gasteiger charge is -2.25. The molecule has 0 fully saturated rings. The van der Waals surface area contributed by atoms with E-state index in [2.05, 4.69) is 39.9 Å². The SMILES string of the molecule is Cc1ccc(C(=O)NCC(C(C)C)C(C)C)cc1C. The van der Waals surface area contributed by atoms with Crippen LogP contribution in [0.2, 0.25) is 0 Å². The highest BCUT2D eigenvalue weighted by atomic mass is 16.1. The van der Waals surface area contributed by atoms with E-state index >= 15 is 0 Å². The summed E-state index contributed by atoms with van der Waals surface area (Å²) in [7, 11) is 0. The Bertz CT molecular complexity index is 427. The molecule has 0 aliphatic carbocycles. The van der Waals surface area contributed by atoms with Gasteiger partial charge in [0.2, 0.25) is 0 Å². The Labute approximate surface area is 117 Å². The van der Waals surface area contributed by atoms with E-state index in [9.17, 15) is 4.79 Å². The zero-order chi connectivity index (χ0) is 14.6. The van der Waals surface area contributed by atoms with Crippen LogP contribution in [0.4, 0.5) is 0 Å². The molecule has 0 aliphatic rings. The monoisotopic (exact) mass is 261 g/mol. The highest BCUT2D eigenvalue weighted by molar-refractivity contribution is 5.94. The molecule has 0 aromatic heterocycles. The molecule has 106 valence electrons. The molecular weight excluding hydrogens is 234 g/mol. The molecule has 0 saturated heterocycles. The molecule has 1 aromatic carbocycles. The predicted octanol–water partition coefficient (Wildman–Crippen LogP) is 3.96. The summed E-state index contributed by atoms with van der Waals surface area (Å²) in [5.41, 5.74) is 3.14. The first-order chi connectivity index (χ1) is 8.82. The van der Waals surface area contributed by atoms with E-state index in [1.807, 2.05) is 25.1 Å². The summed E-state index contributed by atoms with van der Waals surface area (Å²) in [6.45, 7) is 13.7. The van der Waals surface area contributed by atoms with Crippen LogP contribution in [0, 0.1) is 31.6 Å². The lowest BCUT2D eigenvalue weighted by molar-refractivity contribution is 0.0937. The van der Waals surface area contributed by atoms with Gasteiger partial charge in [0.15, 0.2) is 0 Å². The summed E-state index contributed by atoms with van der Waals surface area (Å²) in [5.74, 6) is 1.73. The van der Waals surface area contributed by atoms with Gasteiger partial charge in [-0.25, -0.2) is 0 Å². The van der Waals surface area contributed by atoms with E-state index in [-0.39, 0.29) is 5.91 Å². The Morgan fingerprint density at radius 1 is 1.05 bits per heavy atom. The predicted molar refractivity (Wildman–Crippen MR) is 81.4 cm³/mol. The summed E-state index contributed by atoms with van der Waals surface area (Å²) < 4.78 is 0. The van der Waals surface area contributed by atoms with Crippen LogP contribution in [0.25, 0.3) is 0 Å². The average Bonchev–Trinajstić information content (AvgIpc) is 2.31. The Morgan fingerprint density at radius 3 is 2.11 bits per heavy atom. The van der Waals surface area contributed by atoms with Crippen molar-refractivity contribution >= 4 is 5.91 Å². The third kappa shape index (κ3) is 4.38. The Hall–Kier alpha value is -1.31. The topological polar surface area (TPSA) is 29.1 Å². The van der Waals surface area contributed by atoms with Gasteiger partial charge in [-0.1, -0.05) is 33.8 Å². The Kier molecular flexibility index (Phi) is 5.59. The number of hydrogen-bond donors (Lipinski definition) is 1. The second kappa shape index (κ2) is 6.74. The quantitative estimate of drug-likeness (QED) is 0.854. The zero-order valence-corrected chi connectivity index (χ0v) is 13.1. The van der Waals surface area contributed by atoms with E-state index in [1.54, 1.807) is 0 Å². The van der Waals surface area contributed by atoms with Crippen molar-refractivity contribution in [3.05, 3.63) is 34.9 Å². The molecule has 0 saturated carbocycles. The number of carbonyl (C=O) groups excluding carboxylic acids is 1. The normalized spacial score (nSPS) is 11.4. The van der Waals surface area contributed by atoms with Crippen molar-refractivity contribution in [1.29, 1.82) is 0 Å². The number of nitrogens with one attached hydrogen (secondary N) is 1. The lowest BCUT2D eigenvalue weighted by atomic mass is 9.85. The number of hydrogen-bond acceptors (Lipinski definition) is 1.